The van der Waals surface area contributed by atoms with Crippen LogP contribution in [0, 0.1) is 11.3 Å². The zero-order valence-corrected chi connectivity index (χ0v) is 12.0. The Balaban J connectivity index is 2.31. The Morgan fingerprint density at radius 2 is 2.05 bits per heavy atom. The minimum atomic E-state index is 0.0686. The van der Waals surface area contributed by atoms with Gasteiger partial charge in [0.05, 0.1) is 11.3 Å². The first-order valence-corrected chi connectivity index (χ1v) is 6.78. The van der Waals surface area contributed by atoms with E-state index in [1.165, 1.54) is 11.1 Å². The molecule has 0 atom stereocenters. The number of hydrogen-bond donors (Lipinski definition) is 1. The fourth-order valence-electron chi connectivity index (χ4n) is 3.05. The average molecular weight is 263 g/mol. The first-order valence-electron chi connectivity index (χ1n) is 6.78. The van der Waals surface area contributed by atoms with Crippen LogP contribution in [0.3, 0.4) is 0 Å². The normalized spacial score (nSPS) is 14.9. The van der Waals surface area contributed by atoms with Gasteiger partial charge in [0, 0.05) is 12.6 Å². The van der Waals surface area contributed by atoms with E-state index in [0.29, 0.717) is 11.4 Å². The van der Waals surface area contributed by atoms with Crippen molar-refractivity contribution in [2.75, 3.05) is 12.4 Å². The van der Waals surface area contributed by atoms with E-state index in [9.17, 15) is 5.26 Å². The maximum Gasteiger partial charge on any atom is 0.144 e. The lowest BCUT2D eigenvalue weighted by atomic mass is 9.71. The van der Waals surface area contributed by atoms with Crippen LogP contribution in [0.15, 0.2) is 30.3 Å². The summed E-state index contributed by atoms with van der Waals surface area (Å²) in [6.45, 7) is 4.49. The summed E-state index contributed by atoms with van der Waals surface area (Å²) >= 11 is 0. The average Bonchev–Trinajstić information content (AvgIpc) is 2.46. The molecule has 1 N–H and O–H groups in total. The van der Waals surface area contributed by atoms with Crippen LogP contribution in [0.2, 0.25) is 0 Å². The molecule has 2 aromatic rings. The Morgan fingerprint density at radius 3 is 2.75 bits per heavy atom. The van der Waals surface area contributed by atoms with Crippen LogP contribution in [0.5, 0.6) is 0 Å². The van der Waals surface area contributed by atoms with E-state index in [2.05, 4.69) is 48.4 Å². The van der Waals surface area contributed by atoms with E-state index < -0.39 is 0 Å². The van der Waals surface area contributed by atoms with Gasteiger partial charge in [-0.3, -0.25) is 0 Å². The van der Waals surface area contributed by atoms with Crippen molar-refractivity contribution in [2.45, 2.75) is 25.7 Å². The standard InChI is InChI=1S/C17H17N3/c1-17(2)9-11-8-12(10-18)16(19-3)20-15(11)13-6-4-5-7-14(13)17/h4-8H,9H2,1-3H3,(H,19,20). The van der Waals surface area contributed by atoms with Crippen LogP contribution < -0.4 is 5.32 Å². The summed E-state index contributed by atoms with van der Waals surface area (Å²) in [5.74, 6) is 0.653. The van der Waals surface area contributed by atoms with E-state index >= 15 is 0 Å². The highest BCUT2D eigenvalue weighted by Gasteiger charge is 2.32. The molecule has 1 heterocycles. The summed E-state index contributed by atoms with van der Waals surface area (Å²) in [7, 11) is 1.80. The molecule has 3 nitrogen and oxygen atoms in total. The zero-order valence-electron chi connectivity index (χ0n) is 12.0. The topological polar surface area (TPSA) is 48.7 Å². The van der Waals surface area contributed by atoms with E-state index in [1.807, 2.05) is 12.1 Å². The van der Waals surface area contributed by atoms with Crippen LogP contribution >= 0.6 is 0 Å². The second-order valence-corrected chi connectivity index (χ2v) is 5.86. The number of anilines is 1. The molecule has 0 saturated carbocycles. The minimum absolute atomic E-state index is 0.0686. The molecule has 0 radical (unpaired) electrons. The first kappa shape index (κ1) is 12.7. The van der Waals surface area contributed by atoms with Gasteiger partial charge in [-0.05, 0) is 29.0 Å². The third kappa shape index (κ3) is 1.77. The lowest BCUT2D eigenvalue weighted by Crippen LogP contribution is -2.26. The molecule has 100 valence electrons. The van der Waals surface area contributed by atoms with Gasteiger partial charge in [0.15, 0.2) is 0 Å². The summed E-state index contributed by atoms with van der Waals surface area (Å²) in [5, 5.41) is 12.3. The van der Waals surface area contributed by atoms with Crippen molar-refractivity contribution in [3.63, 3.8) is 0 Å². The van der Waals surface area contributed by atoms with Crippen LogP contribution in [-0.2, 0) is 11.8 Å². The molecule has 3 heteroatoms. The Kier molecular flexibility index (Phi) is 2.76. The Hall–Kier alpha value is -2.34. The van der Waals surface area contributed by atoms with Crippen molar-refractivity contribution in [2.24, 2.45) is 0 Å². The first-order chi connectivity index (χ1) is 9.56. The van der Waals surface area contributed by atoms with Gasteiger partial charge >= 0.3 is 0 Å². The van der Waals surface area contributed by atoms with E-state index in [1.54, 1.807) is 7.05 Å². The summed E-state index contributed by atoms with van der Waals surface area (Å²) < 4.78 is 0. The van der Waals surface area contributed by atoms with Gasteiger partial charge in [0.25, 0.3) is 0 Å². The lowest BCUT2D eigenvalue weighted by Gasteiger charge is -2.33. The molecule has 1 aromatic heterocycles. The largest absolute Gasteiger partial charge is 0.372 e. The number of fused-ring (bicyclic) bond motifs is 3. The number of benzene rings is 1. The van der Waals surface area contributed by atoms with Gasteiger partial charge < -0.3 is 5.32 Å². The maximum absolute atomic E-state index is 9.25. The van der Waals surface area contributed by atoms with E-state index in [4.69, 9.17) is 0 Å². The van der Waals surface area contributed by atoms with Gasteiger partial charge in [-0.2, -0.15) is 5.26 Å². The SMILES string of the molecule is CNc1nc2c(cc1C#N)CC(C)(C)c1ccccc1-2. The number of nitrogens with zero attached hydrogens (tertiary/aromatic N) is 2. The van der Waals surface area contributed by atoms with E-state index in [-0.39, 0.29) is 5.41 Å². The number of nitriles is 1. The molecule has 1 aliphatic rings. The fourth-order valence-corrected chi connectivity index (χ4v) is 3.05. The smallest absolute Gasteiger partial charge is 0.144 e. The minimum Gasteiger partial charge on any atom is -0.372 e. The second kappa shape index (κ2) is 4.35. The highest BCUT2D eigenvalue weighted by atomic mass is 15.0. The second-order valence-electron chi connectivity index (χ2n) is 5.86. The molecule has 0 fully saturated rings. The maximum atomic E-state index is 9.25. The molecular formula is C17H17N3. The lowest BCUT2D eigenvalue weighted by molar-refractivity contribution is 0.515. The van der Waals surface area contributed by atoms with E-state index in [0.717, 1.165) is 17.7 Å². The molecule has 0 saturated heterocycles. The molecular weight excluding hydrogens is 246 g/mol. The van der Waals surface area contributed by atoms with Gasteiger partial charge in [0.2, 0.25) is 0 Å². The predicted molar refractivity (Wildman–Crippen MR) is 80.7 cm³/mol. The fraction of sp³-hybridized carbons (Fsp3) is 0.294. The molecule has 3 rings (SSSR count). The number of rotatable bonds is 1. The number of pyridine rings is 1. The Bertz CT molecular complexity index is 724. The molecule has 0 amide bonds. The van der Waals surface area contributed by atoms with Crippen molar-refractivity contribution in [1.29, 1.82) is 5.26 Å². The number of aromatic nitrogens is 1. The molecule has 1 aliphatic carbocycles. The van der Waals surface area contributed by atoms with Gasteiger partial charge in [-0.25, -0.2) is 4.98 Å². The highest BCUT2D eigenvalue weighted by molar-refractivity contribution is 5.74. The van der Waals surface area contributed by atoms with Crippen molar-refractivity contribution in [3.05, 3.63) is 47.0 Å². The summed E-state index contributed by atoms with van der Waals surface area (Å²) in [4.78, 5) is 4.68. The molecule has 0 bridgehead atoms. The zero-order chi connectivity index (χ0) is 14.3. The number of hydrogen-bond acceptors (Lipinski definition) is 3. The summed E-state index contributed by atoms with van der Waals surface area (Å²) in [6, 6.07) is 12.6. The predicted octanol–water partition coefficient (Wildman–Crippen LogP) is 3.50. The van der Waals surface area contributed by atoms with Crippen LogP contribution in [0.25, 0.3) is 11.3 Å². The van der Waals surface area contributed by atoms with Crippen LogP contribution in [0.4, 0.5) is 5.82 Å². The van der Waals surface area contributed by atoms with Crippen molar-refractivity contribution < 1.29 is 0 Å². The highest BCUT2D eigenvalue weighted by Crippen LogP contribution is 2.42. The summed E-state index contributed by atoms with van der Waals surface area (Å²) in [6.07, 6.45) is 0.908. The number of nitrogens with one attached hydrogen (secondary N) is 1. The van der Waals surface area contributed by atoms with Crippen LogP contribution in [0.1, 0.15) is 30.5 Å². The third-order valence-corrected chi connectivity index (χ3v) is 4.00. The summed E-state index contributed by atoms with van der Waals surface area (Å²) in [5.41, 5.74) is 5.35. The molecule has 0 spiro atoms. The van der Waals surface area contributed by atoms with Gasteiger partial charge in [-0.15, -0.1) is 0 Å². The third-order valence-electron chi connectivity index (χ3n) is 4.00. The van der Waals surface area contributed by atoms with Gasteiger partial charge in [0.1, 0.15) is 11.9 Å². The van der Waals surface area contributed by atoms with Crippen molar-refractivity contribution >= 4 is 5.82 Å². The molecule has 0 aliphatic heterocycles. The van der Waals surface area contributed by atoms with Crippen molar-refractivity contribution in [3.8, 4) is 17.3 Å². The van der Waals surface area contributed by atoms with Crippen LogP contribution in [-0.4, -0.2) is 12.0 Å². The molecule has 0 unspecified atom stereocenters. The Labute approximate surface area is 119 Å². The Morgan fingerprint density at radius 1 is 1.30 bits per heavy atom. The monoisotopic (exact) mass is 263 g/mol. The molecule has 20 heavy (non-hydrogen) atoms. The molecule has 1 aromatic carbocycles. The van der Waals surface area contributed by atoms with Gasteiger partial charge in [-0.1, -0.05) is 38.1 Å². The van der Waals surface area contributed by atoms with Crippen molar-refractivity contribution in [1.82, 2.24) is 4.98 Å². The quantitative estimate of drug-likeness (QED) is 0.856.